The Hall–Kier alpha value is -1.25. The smallest absolute Gasteiger partial charge is 0.250 e. The minimum Gasteiger partial charge on any atom is -0.495 e. The standard InChI is InChI=1S/C17H21ClN2O4S2/c1-4-10(2)16(21)19-17-20(12-7-11(18)5-6-14(12)24-3)13-8-26(22,23)9-15(13)25-17/h5-7,10,13,15H,4,8-9H2,1-3H3/t10-,13-,15+/m1/s1. The second-order valence-electron chi connectivity index (χ2n) is 6.53. The first-order valence-electron chi connectivity index (χ1n) is 8.38. The summed E-state index contributed by atoms with van der Waals surface area (Å²) >= 11 is 7.51. The number of sulfone groups is 1. The van der Waals surface area contributed by atoms with Crippen molar-refractivity contribution in [3.8, 4) is 5.75 Å². The number of methoxy groups -OCH3 is 1. The van der Waals surface area contributed by atoms with Gasteiger partial charge in [-0.3, -0.25) is 4.79 Å². The van der Waals surface area contributed by atoms with Gasteiger partial charge in [0.25, 0.3) is 5.91 Å². The van der Waals surface area contributed by atoms with Gasteiger partial charge in [0.2, 0.25) is 0 Å². The van der Waals surface area contributed by atoms with Gasteiger partial charge >= 0.3 is 0 Å². The zero-order valence-electron chi connectivity index (χ0n) is 14.8. The molecule has 2 aliphatic rings. The van der Waals surface area contributed by atoms with Gasteiger partial charge in [-0.05, 0) is 24.6 Å². The molecule has 0 radical (unpaired) electrons. The number of rotatable bonds is 4. The molecule has 0 unspecified atom stereocenters. The van der Waals surface area contributed by atoms with Crippen molar-refractivity contribution in [1.29, 1.82) is 0 Å². The lowest BCUT2D eigenvalue weighted by Gasteiger charge is -2.26. The van der Waals surface area contributed by atoms with E-state index in [1.807, 2.05) is 18.7 Å². The van der Waals surface area contributed by atoms with Gasteiger partial charge in [0, 0.05) is 16.2 Å². The summed E-state index contributed by atoms with van der Waals surface area (Å²) in [6, 6.07) is 4.86. The van der Waals surface area contributed by atoms with Crippen LogP contribution in [0.4, 0.5) is 5.69 Å². The number of benzene rings is 1. The molecule has 3 atom stereocenters. The van der Waals surface area contributed by atoms with Crippen LogP contribution in [0, 0.1) is 5.92 Å². The van der Waals surface area contributed by atoms with Gasteiger partial charge in [0.1, 0.15) is 5.75 Å². The minimum atomic E-state index is -3.13. The molecule has 1 aromatic rings. The lowest BCUT2D eigenvalue weighted by Crippen LogP contribution is -2.38. The fourth-order valence-corrected chi connectivity index (χ4v) is 7.16. The number of amidine groups is 1. The van der Waals surface area contributed by atoms with E-state index in [1.165, 1.54) is 11.8 Å². The van der Waals surface area contributed by atoms with Crippen molar-refractivity contribution in [3.63, 3.8) is 0 Å². The summed E-state index contributed by atoms with van der Waals surface area (Å²) in [5, 5.41) is 0.857. The van der Waals surface area contributed by atoms with Crippen LogP contribution in [-0.2, 0) is 14.6 Å². The molecular formula is C17H21ClN2O4S2. The summed E-state index contributed by atoms with van der Waals surface area (Å²) in [6.45, 7) is 3.77. The molecule has 6 nitrogen and oxygen atoms in total. The third-order valence-corrected chi connectivity index (χ3v) is 8.15. The zero-order valence-corrected chi connectivity index (χ0v) is 17.2. The molecule has 26 heavy (non-hydrogen) atoms. The predicted molar refractivity (Wildman–Crippen MR) is 106 cm³/mol. The topological polar surface area (TPSA) is 76.0 Å². The highest BCUT2D eigenvalue weighted by molar-refractivity contribution is 8.16. The van der Waals surface area contributed by atoms with Crippen LogP contribution in [-0.4, -0.2) is 49.4 Å². The Morgan fingerprint density at radius 1 is 1.46 bits per heavy atom. The van der Waals surface area contributed by atoms with Crippen LogP contribution in [0.1, 0.15) is 20.3 Å². The van der Waals surface area contributed by atoms with Crippen LogP contribution in [0.25, 0.3) is 0 Å². The molecule has 0 N–H and O–H groups in total. The molecule has 0 bridgehead atoms. The van der Waals surface area contributed by atoms with E-state index in [-0.39, 0.29) is 34.6 Å². The van der Waals surface area contributed by atoms with Crippen molar-refractivity contribution >= 4 is 50.0 Å². The van der Waals surface area contributed by atoms with Gasteiger partial charge < -0.3 is 9.64 Å². The number of amides is 1. The second kappa shape index (κ2) is 7.40. The molecule has 2 aliphatic heterocycles. The molecule has 0 aliphatic carbocycles. The maximum Gasteiger partial charge on any atom is 0.250 e. The number of hydrogen-bond acceptors (Lipinski definition) is 5. The normalized spacial score (nSPS) is 26.8. The Morgan fingerprint density at radius 3 is 2.85 bits per heavy atom. The van der Waals surface area contributed by atoms with Crippen LogP contribution >= 0.6 is 23.4 Å². The summed E-state index contributed by atoms with van der Waals surface area (Å²) in [7, 11) is -1.58. The molecule has 1 aromatic carbocycles. The Kier molecular flexibility index (Phi) is 5.55. The van der Waals surface area contributed by atoms with Crippen LogP contribution in [0.2, 0.25) is 5.02 Å². The Labute approximate surface area is 162 Å². The number of carbonyl (C=O) groups excluding carboxylic acids is 1. The van der Waals surface area contributed by atoms with E-state index in [0.29, 0.717) is 28.0 Å². The van der Waals surface area contributed by atoms with Crippen molar-refractivity contribution < 1.29 is 17.9 Å². The number of hydrogen-bond donors (Lipinski definition) is 0. The van der Waals surface area contributed by atoms with E-state index in [2.05, 4.69) is 4.99 Å². The summed E-state index contributed by atoms with van der Waals surface area (Å²) in [6.07, 6.45) is 0.696. The van der Waals surface area contributed by atoms with Gasteiger partial charge in [-0.25, -0.2) is 8.42 Å². The molecule has 1 amide bonds. The minimum absolute atomic E-state index is 0.0247. The first-order valence-corrected chi connectivity index (χ1v) is 11.5. The van der Waals surface area contributed by atoms with E-state index in [9.17, 15) is 13.2 Å². The second-order valence-corrected chi connectivity index (χ2v) is 10.3. The third kappa shape index (κ3) is 3.73. The number of anilines is 1. The number of thioether (sulfide) groups is 1. The van der Waals surface area contributed by atoms with E-state index in [1.54, 1.807) is 25.3 Å². The van der Waals surface area contributed by atoms with Gasteiger partial charge in [0.15, 0.2) is 15.0 Å². The average molecular weight is 417 g/mol. The van der Waals surface area contributed by atoms with Crippen molar-refractivity contribution in [2.24, 2.45) is 10.9 Å². The first-order chi connectivity index (χ1) is 12.3. The lowest BCUT2D eigenvalue weighted by molar-refractivity contribution is -0.121. The molecule has 2 heterocycles. The molecule has 0 spiro atoms. The summed E-state index contributed by atoms with van der Waals surface area (Å²) < 4.78 is 29.7. The maximum atomic E-state index is 12.4. The molecule has 0 aromatic heterocycles. The molecule has 9 heteroatoms. The Morgan fingerprint density at radius 2 is 2.19 bits per heavy atom. The number of fused-ring (bicyclic) bond motifs is 1. The summed E-state index contributed by atoms with van der Waals surface area (Å²) in [5.74, 6) is 0.276. The molecule has 0 saturated carbocycles. The van der Waals surface area contributed by atoms with E-state index in [4.69, 9.17) is 16.3 Å². The summed E-state index contributed by atoms with van der Waals surface area (Å²) in [5.41, 5.74) is 0.632. The molecular weight excluding hydrogens is 396 g/mol. The maximum absolute atomic E-state index is 12.4. The van der Waals surface area contributed by atoms with Crippen molar-refractivity contribution in [2.75, 3.05) is 23.5 Å². The van der Waals surface area contributed by atoms with Crippen LogP contribution in [0.3, 0.4) is 0 Å². The number of carbonyl (C=O) groups is 1. The number of aliphatic imine (C=N–C) groups is 1. The van der Waals surface area contributed by atoms with Gasteiger partial charge in [0.05, 0.1) is 30.3 Å². The monoisotopic (exact) mass is 416 g/mol. The average Bonchev–Trinajstić information content (AvgIpc) is 3.04. The SMILES string of the molecule is CC[C@@H](C)C(=O)N=C1S[C@H]2CS(=O)(=O)C[C@H]2N1c1cc(Cl)ccc1OC. The van der Waals surface area contributed by atoms with E-state index < -0.39 is 9.84 Å². The van der Waals surface area contributed by atoms with E-state index >= 15 is 0 Å². The quantitative estimate of drug-likeness (QED) is 0.750. The van der Waals surface area contributed by atoms with Crippen molar-refractivity contribution in [3.05, 3.63) is 23.2 Å². The highest BCUT2D eigenvalue weighted by Gasteiger charge is 2.50. The molecule has 2 fully saturated rings. The van der Waals surface area contributed by atoms with Crippen molar-refractivity contribution in [1.82, 2.24) is 0 Å². The number of ether oxygens (including phenoxy) is 1. The Bertz CT molecular complexity index is 856. The van der Waals surface area contributed by atoms with E-state index in [0.717, 1.165) is 0 Å². The van der Waals surface area contributed by atoms with Crippen molar-refractivity contribution in [2.45, 2.75) is 31.6 Å². The number of nitrogens with zero attached hydrogens (tertiary/aromatic N) is 2. The highest BCUT2D eigenvalue weighted by Crippen LogP contribution is 2.44. The van der Waals surface area contributed by atoms with Gasteiger partial charge in [-0.1, -0.05) is 37.2 Å². The zero-order chi connectivity index (χ0) is 19.1. The molecule has 142 valence electrons. The highest BCUT2D eigenvalue weighted by atomic mass is 35.5. The fraction of sp³-hybridized carbons (Fsp3) is 0.529. The lowest BCUT2D eigenvalue weighted by atomic mass is 10.1. The fourth-order valence-electron chi connectivity index (χ4n) is 3.08. The molecule has 3 rings (SSSR count). The first kappa shape index (κ1) is 19.5. The van der Waals surface area contributed by atoms with Crippen LogP contribution in [0.5, 0.6) is 5.75 Å². The third-order valence-electron chi connectivity index (χ3n) is 4.71. The van der Waals surface area contributed by atoms with Gasteiger partial charge in [-0.2, -0.15) is 4.99 Å². The van der Waals surface area contributed by atoms with Crippen LogP contribution in [0.15, 0.2) is 23.2 Å². The number of halogens is 1. The largest absolute Gasteiger partial charge is 0.495 e. The summed E-state index contributed by atoms with van der Waals surface area (Å²) in [4.78, 5) is 18.5. The van der Waals surface area contributed by atoms with Gasteiger partial charge in [-0.15, -0.1) is 0 Å². The predicted octanol–water partition coefficient (Wildman–Crippen LogP) is 3.00. The Balaban J connectivity index is 2.08. The molecule has 2 saturated heterocycles. The van der Waals surface area contributed by atoms with Crippen LogP contribution < -0.4 is 9.64 Å².